The Balaban J connectivity index is 1.51. The molecule has 11 nitrogen and oxygen atoms in total. The Morgan fingerprint density at radius 2 is 1.57 bits per heavy atom. The van der Waals surface area contributed by atoms with Crippen molar-refractivity contribution in [2.75, 3.05) is 21.3 Å². The molecule has 2 aromatic carbocycles. The van der Waals surface area contributed by atoms with Crippen molar-refractivity contribution >= 4 is 17.8 Å². The van der Waals surface area contributed by atoms with Gasteiger partial charge in [0.25, 0.3) is 5.91 Å². The van der Waals surface area contributed by atoms with E-state index in [0.717, 1.165) is 5.06 Å². The van der Waals surface area contributed by atoms with Gasteiger partial charge in [0.1, 0.15) is 33.9 Å². The third-order valence-electron chi connectivity index (χ3n) is 11.1. The molecule has 11 heteroatoms. The average molecular weight is 580 g/mol. The van der Waals surface area contributed by atoms with Crippen LogP contribution in [-0.2, 0) is 39.0 Å². The van der Waals surface area contributed by atoms with Crippen molar-refractivity contribution < 1.29 is 48.4 Å². The van der Waals surface area contributed by atoms with E-state index < -0.39 is 82.0 Å². The number of amides is 1. The summed E-state index contributed by atoms with van der Waals surface area (Å²) in [4.78, 5) is 45.6. The largest absolute Gasteiger partial charge is 0.497 e. The van der Waals surface area contributed by atoms with Crippen molar-refractivity contribution in [2.24, 2.45) is 22.7 Å². The first kappa shape index (κ1) is 27.5. The van der Waals surface area contributed by atoms with Gasteiger partial charge in [-0.25, -0.2) is 5.06 Å². The van der Waals surface area contributed by atoms with Gasteiger partial charge in [-0.2, -0.15) is 0 Å². The minimum Gasteiger partial charge on any atom is -0.497 e. The van der Waals surface area contributed by atoms with Crippen LogP contribution in [0.25, 0.3) is 0 Å². The smallest absolute Gasteiger partial charge is 0.323 e. The molecule has 4 aliphatic heterocycles. The lowest BCUT2D eigenvalue weighted by Crippen LogP contribution is -2.64. The molecule has 11 atom stereocenters. The van der Waals surface area contributed by atoms with Gasteiger partial charge in [0.15, 0.2) is 0 Å². The molecule has 0 aromatic heterocycles. The third kappa shape index (κ3) is 2.77. The second kappa shape index (κ2) is 8.61. The zero-order valence-electron chi connectivity index (χ0n) is 23.8. The minimum atomic E-state index is -2.16. The van der Waals surface area contributed by atoms with Gasteiger partial charge < -0.3 is 29.2 Å². The lowest BCUT2D eigenvalue weighted by atomic mass is 9.52. The van der Waals surface area contributed by atoms with Crippen LogP contribution in [-0.4, -0.2) is 84.4 Å². The molecule has 1 saturated carbocycles. The van der Waals surface area contributed by atoms with Crippen LogP contribution in [0.3, 0.4) is 0 Å². The SMILES string of the molecule is COc1ccc([C@@]23OC4C5OC(C4[C@]2(O)[C@H](O)[C@H](C(=O)N(C)OC)[C@H]3c2ccccc2)C2(C)C(=O)OC(=O)C52C)cc1. The number of carbonyl (C=O) groups excluding carboxylic acids is 3. The molecule has 1 aliphatic carbocycles. The van der Waals surface area contributed by atoms with Crippen LogP contribution in [0.4, 0.5) is 0 Å². The highest BCUT2D eigenvalue weighted by Crippen LogP contribution is 2.76. The number of aliphatic hydroxyl groups excluding tert-OH is 1. The second-order valence-electron chi connectivity index (χ2n) is 12.3. The molecule has 5 fully saturated rings. The van der Waals surface area contributed by atoms with Gasteiger partial charge in [0.2, 0.25) is 0 Å². The fourth-order valence-electron chi connectivity index (χ4n) is 8.80. The Kier molecular flexibility index (Phi) is 5.63. The normalized spacial score (nSPS) is 44.5. The summed E-state index contributed by atoms with van der Waals surface area (Å²) in [6, 6.07) is 16.0. The van der Waals surface area contributed by atoms with E-state index in [1.54, 1.807) is 38.1 Å². The van der Waals surface area contributed by atoms with E-state index in [1.807, 2.05) is 30.3 Å². The molecule has 1 amide bonds. The van der Waals surface area contributed by atoms with Crippen molar-refractivity contribution in [3.8, 4) is 5.75 Å². The molecule has 4 heterocycles. The van der Waals surface area contributed by atoms with Crippen molar-refractivity contribution in [3.05, 3.63) is 65.7 Å². The van der Waals surface area contributed by atoms with E-state index in [2.05, 4.69) is 0 Å². The molecule has 4 saturated heterocycles. The van der Waals surface area contributed by atoms with Gasteiger partial charge >= 0.3 is 11.9 Å². The lowest BCUT2D eigenvalue weighted by Gasteiger charge is -2.45. The summed E-state index contributed by atoms with van der Waals surface area (Å²) >= 11 is 0. The standard InChI is InChI=1S/C31H33NO10/c1-28-23-20-21(24(40-23)29(28,2)27(36)41-26(28)35)42-31(16-11-13-17(38-4)14-12-16)19(15-9-7-6-8-10-15)18(22(33)30(20,31)37)25(34)32(3)39-5/h6-14,18-24,33,37H,1-5H3/t18-,19-,20?,21?,22-,23?,24?,28?,29?,30+,31+/m1/s1. The molecule has 42 heavy (non-hydrogen) atoms. The number of aliphatic hydroxyl groups is 2. The van der Waals surface area contributed by atoms with Crippen LogP contribution < -0.4 is 4.74 Å². The molecule has 5 aliphatic rings. The summed E-state index contributed by atoms with van der Waals surface area (Å²) < 4.78 is 23.9. The van der Waals surface area contributed by atoms with Crippen molar-refractivity contribution in [2.45, 2.75) is 55.4 Å². The zero-order valence-corrected chi connectivity index (χ0v) is 23.8. The number of carbonyl (C=O) groups is 3. The van der Waals surface area contributed by atoms with Crippen LogP contribution in [0.5, 0.6) is 5.75 Å². The number of hydrogen-bond donors (Lipinski definition) is 2. The van der Waals surface area contributed by atoms with Gasteiger partial charge in [0.05, 0.1) is 38.4 Å². The maximum absolute atomic E-state index is 14.0. The first-order valence-corrected chi connectivity index (χ1v) is 14.0. The van der Waals surface area contributed by atoms with Crippen LogP contribution in [0.1, 0.15) is 30.9 Å². The number of methoxy groups -OCH3 is 1. The van der Waals surface area contributed by atoms with Gasteiger partial charge in [-0.1, -0.05) is 42.5 Å². The highest BCUT2D eigenvalue weighted by atomic mass is 16.7. The Labute approximate surface area is 242 Å². The molecule has 6 unspecified atom stereocenters. The Morgan fingerprint density at radius 1 is 0.952 bits per heavy atom. The summed E-state index contributed by atoms with van der Waals surface area (Å²) in [6.07, 6.45) is -4.58. The van der Waals surface area contributed by atoms with Gasteiger partial charge in [0, 0.05) is 18.9 Å². The van der Waals surface area contributed by atoms with Gasteiger partial charge in [-0.05, 0) is 37.1 Å². The van der Waals surface area contributed by atoms with E-state index in [4.69, 9.17) is 23.8 Å². The van der Waals surface area contributed by atoms with Crippen molar-refractivity contribution in [1.29, 1.82) is 0 Å². The minimum absolute atomic E-state index is 0.497. The number of ether oxygens (including phenoxy) is 4. The molecule has 0 spiro atoms. The summed E-state index contributed by atoms with van der Waals surface area (Å²) in [5.41, 5.74) is -5.53. The molecular weight excluding hydrogens is 546 g/mol. The molecule has 2 N–H and O–H groups in total. The lowest BCUT2D eigenvalue weighted by molar-refractivity contribution is -0.194. The average Bonchev–Trinajstić information content (AvgIpc) is 3.68. The van der Waals surface area contributed by atoms with Gasteiger partial charge in [-0.3, -0.25) is 19.2 Å². The molecular formula is C31H33NO10. The molecule has 2 aromatic rings. The van der Waals surface area contributed by atoms with E-state index in [9.17, 15) is 24.6 Å². The number of hydroxylamine groups is 2. The fraction of sp³-hybridized carbons (Fsp3) is 0.516. The van der Waals surface area contributed by atoms with E-state index >= 15 is 0 Å². The van der Waals surface area contributed by atoms with Crippen molar-refractivity contribution in [1.82, 2.24) is 5.06 Å². The predicted octanol–water partition coefficient (Wildman–Crippen LogP) is 1.31. The monoisotopic (exact) mass is 579 g/mol. The van der Waals surface area contributed by atoms with Crippen LogP contribution in [0.2, 0.25) is 0 Å². The summed E-state index contributed by atoms with van der Waals surface area (Å²) in [5.74, 6) is -4.58. The van der Waals surface area contributed by atoms with E-state index in [0.29, 0.717) is 16.9 Å². The number of esters is 2. The maximum Gasteiger partial charge on any atom is 0.323 e. The van der Waals surface area contributed by atoms with Crippen LogP contribution >= 0.6 is 0 Å². The van der Waals surface area contributed by atoms with Crippen LogP contribution in [0.15, 0.2) is 54.6 Å². The highest BCUT2D eigenvalue weighted by Gasteiger charge is 2.91. The summed E-state index contributed by atoms with van der Waals surface area (Å²) in [7, 11) is 4.31. The second-order valence-corrected chi connectivity index (χ2v) is 12.3. The first-order valence-electron chi connectivity index (χ1n) is 14.0. The number of fused-ring (bicyclic) bond motifs is 10. The number of rotatable bonds is 5. The van der Waals surface area contributed by atoms with Crippen molar-refractivity contribution in [3.63, 3.8) is 0 Å². The summed E-state index contributed by atoms with van der Waals surface area (Å²) in [5, 5.41) is 26.5. The number of hydrogen-bond acceptors (Lipinski definition) is 10. The fourth-order valence-corrected chi connectivity index (χ4v) is 8.80. The van der Waals surface area contributed by atoms with Crippen LogP contribution in [0, 0.1) is 22.7 Å². The first-order chi connectivity index (χ1) is 19.9. The maximum atomic E-state index is 14.0. The predicted molar refractivity (Wildman–Crippen MR) is 142 cm³/mol. The van der Waals surface area contributed by atoms with Gasteiger partial charge in [-0.15, -0.1) is 0 Å². The zero-order chi connectivity index (χ0) is 30.0. The molecule has 0 radical (unpaired) electrons. The molecule has 7 rings (SSSR count). The number of nitrogens with zero attached hydrogens (tertiary/aromatic N) is 1. The van der Waals surface area contributed by atoms with E-state index in [1.165, 1.54) is 21.3 Å². The third-order valence-corrected chi connectivity index (χ3v) is 11.1. The topological polar surface area (TPSA) is 141 Å². The summed E-state index contributed by atoms with van der Waals surface area (Å²) in [6.45, 7) is 3.24. The Bertz CT molecular complexity index is 1480. The molecule has 2 bridgehead atoms. The highest BCUT2D eigenvalue weighted by molar-refractivity contribution is 6.03. The Hall–Kier alpha value is -3.35. The number of cyclic esters (lactones) is 2. The number of benzene rings is 2. The van der Waals surface area contributed by atoms with E-state index in [-0.39, 0.29) is 0 Å². The molecule has 222 valence electrons. The quantitative estimate of drug-likeness (QED) is 0.303. The Morgan fingerprint density at radius 3 is 2.17 bits per heavy atom.